The van der Waals surface area contributed by atoms with Crippen LogP contribution in [-0.4, -0.2) is 14.1 Å². The third kappa shape index (κ3) is 2.37. The molecule has 0 radical (unpaired) electrons. The minimum absolute atomic E-state index is 0.0476. The molecule has 1 aliphatic heterocycles. The summed E-state index contributed by atoms with van der Waals surface area (Å²) in [7, 11) is -3.76. The predicted molar refractivity (Wildman–Crippen MR) is 77.0 cm³/mol. The largest absolute Gasteiger partial charge is 0.457 e. The van der Waals surface area contributed by atoms with Crippen LogP contribution in [0.15, 0.2) is 39.6 Å². The number of ether oxygens (including phenoxy) is 1. The second-order valence-corrected chi connectivity index (χ2v) is 6.47. The fraction of sp³-hybridized carbons (Fsp3) is 0.133. The molecule has 1 heterocycles. The highest BCUT2D eigenvalue weighted by Gasteiger charge is 2.30. The average Bonchev–Trinajstić information content (AvgIpc) is 2.62. The summed E-state index contributed by atoms with van der Waals surface area (Å²) < 4.78 is 59.5. The van der Waals surface area contributed by atoms with Gasteiger partial charge >= 0.3 is 0 Å². The highest BCUT2D eigenvalue weighted by Crippen LogP contribution is 2.36. The molecule has 0 bridgehead atoms. The van der Waals surface area contributed by atoms with Gasteiger partial charge in [-0.15, -0.1) is 0 Å². The monoisotopic (exact) mass is 323 g/mol. The van der Waals surface area contributed by atoms with Crippen LogP contribution in [0, 0.1) is 18.6 Å². The molecule has 7 heteroatoms. The lowest BCUT2D eigenvalue weighted by molar-refractivity contribution is 0.463. The summed E-state index contributed by atoms with van der Waals surface area (Å²) in [5.41, 5.74) is 1.26. The Morgan fingerprint density at radius 3 is 2.32 bits per heavy atom. The molecule has 0 saturated heterocycles. The van der Waals surface area contributed by atoms with Gasteiger partial charge in [-0.3, -0.25) is 0 Å². The Hall–Kier alpha value is -2.28. The molecule has 2 aromatic carbocycles. The molecule has 0 atom stereocenters. The van der Waals surface area contributed by atoms with Crippen molar-refractivity contribution in [3.8, 4) is 11.5 Å². The summed E-state index contributed by atoms with van der Waals surface area (Å²) in [6, 6.07) is 5.88. The van der Waals surface area contributed by atoms with Gasteiger partial charge in [-0.05, 0) is 26.0 Å². The van der Waals surface area contributed by atoms with Gasteiger partial charge in [0.1, 0.15) is 28.0 Å². The fourth-order valence-electron chi connectivity index (χ4n) is 2.39. The maximum Gasteiger partial charge on any atom is 0.283 e. The van der Waals surface area contributed by atoms with Crippen LogP contribution in [0.1, 0.15) is 18.1 Å². The van der Waals surface area contributed by atoms with Crippen molar-refractivity contribution >= 4 is 15.7 Å². The van der Waals surface area contributed by atoms with Gasteiger partial charge in [0.15, 0.2) is 0 Å². The first kappa shape index (κ1) is 14.6. The van der Waals surface area contributed by atoms with Gasteiger partial charge in [0, 0.05) is 29.3 Å². The number of halogens is 2. The minimum Gasteiger partial charge on any atom is -0.457 e. The van der Waals surface area contributed by atoms with Gasteiger partial charge in [0.25, 0.3) is 10.0 Å². The van der Waals surface area contributed by atoms with Crippen molar-refractivity contribution < 1.29 is 21.9 Å². The van der Waals surface area contributed by atoms with E-state index in [1.807, 2.05) is 0 Å². The molecule has 22 heavy (non-hydrogen) atoms. The zero-order valence-electron chi connectivity index (χ0n) is 11.7. The Morgan fingerprint density at radius 2 is 1.68 bits per heavy atom. The lowest BCUT2D eigenvalue weighted by atomic mass is 10.1. The number of hydrogen-bond acceptors (Lipinski definition) is 3. The highest BCUT2D eigenvalue weighted by molar-refractivity contribution is 7.90. The van der Waals surface area contributed by atoms with Crippen LogP contribution in [0.3, 0.4) is 0 Å². The minimum atomic E-state index is -3.76. The molecule has 114 valence electrons. The van der Waals surface area contributed by atoms with E-state index in [-0.39, 0.29) is 16.4 Å². The van der Waals surface area contributed by atoms with Crippen molar-refractivity contribution in [3.63, 3.8) is 0 Å². The third-order valence-corrected chi connectivity index (χ3v) is 4.88. The van der Waals surface area contributed by atoms with Crippen LogP contribution in [0.4, 0.5) is 8.78 Å². The summed E-state index contributed by atoms with van der Waals surface area (Å²) in [5, 5.41) is 0. The van der Waals surface area contributed by atoms with E-state index >= 15 is 0 Å². The fourth-order valence-corrected chi connectivity index (χ4v) is 3.92. The van der Waals surface area contributed by atoms with Crippen LogP contribution in [0.2, 0.25) is 0 Å². The summed E-state index contributed by atoms with van der Waals surface area (Å²) in [6.07, 6.45) is 0. The van der Waals surface area contributed by atoms with Crippen molar-refractivity contribution in [1.29, 1.82) is 0 Å². The molecule has 2 aromatic rings. The predicted octanol–water partition coefficient (Wildman–Crippen LogP) is 3.58. The maximum absolute atomic E-state index is 13.2. The van der Waals surface area contributed by atoms with Gasteiger partial charge in [0.2, 0.25) is 0 Å². The van der Waals surface area contributed by atoms with Crippen LogP contribution < -0.4 is 4.74 Å². The number of nitrogens with zero attached hydrogens (tertiary/aromatic N) is 1. The summed E-state index contributed by atoms with van der Waals surface area (Å²) >= 11 is 0. The molecule has 3 rings (SSSR count). The average molecular weight is 323 g/mol. The Morgan fingerprint density at radius 1 is 1.05 bits per heavy atom. The zero-order valence-corrected chi connectivity index (χ0v) is 12.5. The molecule has 0 aliphatic carbocycles. The van der Waals surface area contributed by atoms with E-state index < -0.39 is 21.7 Å². The van der Waals surface area contributed by atoms with Gasteiger partial charge in [-0.1, -0.05) is 0 Å². The SMILES string of the molecule is CC1=NS(=O)(=O)c2c1ccc(Oc1cc(F)cc(F)c1)c2C. The second-order valence-electron chi connectivity index (χ2n) is 4.92. The van der Waals surface area contributed by atoms with Gasteiger partial charge in [-0.25, -0.2) is 8.78 Å². The Balaban J connectivity index is 2.08. The van der Waals surface area contributed by atoms with Crippen molar-refractivity contribution in [2.45, 2.75) is 18.7 Å². The van der Waals surface area contributed by atoms with Gasteiger partial charge < -0.3 is 4.74 Å². The molecule has 0 N–H and O–H groups in total. The van der Waals surface area contributed by atoms with Crippen LogP contribution in [-0.2, 0) is 10.0 Å². The smallest absolute Gasteiger partial charge is 0.283 e. The topological polar surface area (TPSA) is 55.7 Å². The van der Waals surface area contributed by atoms with E-state index in [1.165, 1.54) is 0 Å². The first-order chi connectivity index (χ1) is 10.3. The van der Waals surface area contributed by atoms with E-state index in [9.17, 15) is 17.2 Å². The molecule has 4 nitrogen and oxygen atoms in total. The van der Waals surface area contributed by atoms with Crippen molar-refractivity contribution in [2.75, 3.05) is 0 Å². The lowest BCUT2D eigenvalue weighted by Gasteiger charge is -2.12. The highest BCUT2D eigenvalue weighted by atomic mass is 32.2. The Bertz CT molecular complexity index is 900. The third-order valence-electron chi connectivity index (χ3n) is 3.32. The molecule has 0 fully saturated rings. The molecular formula is C15H11F2NO3S. The number of rotatable bonds is 2. The molecule has 0 spiro atoms. The Labute approximate surface area is 126 Å². The molecule has 0 unspecified atom stereocenters. The number of sulfonamides is 1. The van der Waals surface area contributed by atoms with E-state index in [2.05, 4.69) is 4.40 Å². The van der Waals surface area contributed by atoms with Crippen LogP contribution in [0.5, 0.6) is 11.5 Å². The van der Waals surface area contributed by atoms with E-state index in [4.69, 9.17) is 4.74 Å². The number of fused-ring (bicyclic) bond motifs is 1. The van der Waals surface area contributed by atoms with Gasteiger partial charge in [-0.2, -0.15) is 12.8 Å². The first-order valence-corrected chi connectivity index (χ1v) is 7.81. The van der Waals surface area contributed by atoms with Crippen molar-refractivity contribution in [2.24, 2.45) is 4.40 Å². The Kier molecular flexibility index (Phi) is 3.25. The molecule has 1 aliphatic rings. The summed E-state index contributed by atoms with van der Waals surface area (Å²) in [6.45, 7) is 3.17. The van der Waals surface area contributed by atoms with E-state index in [1.54, 1.807) is 26.0 Å². The van der Waals surface area contributed by atoms with Crippen molar-refractivity contribution in [3.05, 3.63) is 53.1 Å². The standard InChI is InChI=1S/C15H11F2NO3S/c1-8-14(21-12-6-10(16)5-11(17)7-12)4-3-13-9(2)18-22(19,20)15(8)13/h3-7H,1-2H3. The molecule has 0 aromatic heterocycles. The second kappa shape index (κ2) is 4.88. The van der Waals surface area contributed by atoms with Gasteiger partial charge in [0.05, 0.1) is 5.71 Å². The summed E-state index contributed by atoms with van der Waals surface area (Å²) in [5.74, 6) is -1.40. The van der Waals surface area contributed by atoms with Crippen LogP contribution in [0.25, 0.3) is 0 Å². The van der Waals surface area contributed by atoms with Crippen LogP contribution >= 0.6 is 0 Å². The normalized spacial score (nSPS) is 15.4. The van der Waals surface area contributed by atoms with E-state index in [0.29, 0.717) is 16.8 Å². The van der Waals surface area contributed by atoms with Crippen molar-refractivity contribution in [1.82, 2.24) is 0 Å². The lowest BCUT2D eigenvalue weighted by Crippen LogP contribution is -2.00. The van der Waals surface area contributed by atoms with E-state index in [0.717, 1.165) is 18.2 Å². The molecule has 0 saturated carbocycles. The molecule has 0 amide bonds. The number of benzene rings is 2. The quantitative estimate of drug-likeness (QED) is 0.849. The maximum atomic E-state index is 13.2. The molecular weight excluding hydrogens is 312 g/mol. The zero-order chi connectivity index (χ0) is 16.1. The summed E-state index contributed by atoms with van der Waals surface area (Å²) in [4.78, 5) is 0.0689. The number of hydrogen-bond donors (Lipinski definition) is 0. The first-order valence-electron chi connectivity index (χ1n) is 6.37.